The zero-order valence-corrected chi connectivity index (χ0v) is 16.5. The van der Waals surface area contributed by atoms with E-state index >= 15 is 0 Å². The molecule has 1 saturated heterocycles. The fraction of sp³-hybridized carbons (Fsp3) is 0.391. The summed E-state index contributed by atoms with van der Waals surface area (Å²) in [6.45, 7) is 5.18. The van der Waals surface area contributed by atoms with Crippen LogP contribution in [-0.2, 0) is 22.4 Å². The van der Waals surface area contributed by atoms with E-state index in [1.54, 1.807) is 0 Å². The Morgan fingerprint density at radius 2 is 1.32 bits per heavy atom. The largest absolute Gasteiger partial charge is 0.494 e. The quantitative estimate of drug-likeness (QED) is 0.774. The van der Waals surface area contributed by atoms with E-state index in [9.17, 15) is 9.59 Å². The van der Waals surface area contributed by atoms with Gasteiger partial charge in [0.15, 0.2) is 0 Å². The average Bonchev–Trinajstić information content (AvgIpc) is 2.97. The Morgan fingerprint density at radius 1 is 0.786 bits per heavy atom. The Balaban J connectivity index is 1.51. The van der Waals surface area contributed by atoms with Gasteiger partial charge in [-0.15, -0.1) is 0 Å². The lowest BCUT2D eigenvalue weighted by molar-refractivity contribution is -0.132. The predicted molar refractivity (Wildman–Crippen MR) is 109 cm³/mol. The van der Waals surface area contributed by atoms with Gasteiger partial charge in [0.1, 0.15) is 5.75 Å². The Labute approximate surface area is 166 Å². The van der Waals surface area contributed by atoms with Gasteiger partial charge in [0.05, 0.1) is 19.4 Å². The number of rotatable bonds is 6. The fourth-order valence-corrected chi connectivity index (χ4v) is 3.46. The van der Waals surface area contributed by atoms with Crippen LogP contribution < -0.4 is 4.74 Å². The van der Waals surface area contributed by atoms with Gasteiger partial charge in [-0.1, -0.05) is 42.5 Å². The fourth-order valence-electron chi connectivity index (χ4n) is 3.46. The highest BCUT2D eigenvalue weighted by molar-refractivity contribution is 5.80. The summed E-state index contributed by atoms with van der Waals surface area (Å²) in [4.78, 5) is 29.0. The summed E-state index contributed by atoms with van der Waals surface area (Å²) < 4.78 is 5.44. The van der Waals surface area contributed by atoms with Gasteiger partial charge in [0, 0.05) is 26.2 Å². The van der Waals surface area contributed by atoms with Crippen LogP contribution in [0.15, 0.2) is 54.6 Å². The molecule has 0 aromatic heterocycles. The third kappa shape index (κ3) is 5.59. The van der Waals surface area contributed by atoms with Crippen LogP contribution in [0.3, 0.4) is 0 Å². The molecule has 0 bridgehead atoms. The molecule has 0 radical (unpaired) electrons. The highest BCUT2D eigenvalue weighted by Crippen LogP contribution is 2.14. The Morgan fingerprint density at radius 3 is 1.86 bits per heavy atom. The highest BCUT2D eigenvalue weighted by Gasteiger charge is 2.22. The molecule has 1 aliphatic rings. The molecule has 28 heavy (non-hydrogen) atoms. The number of amides is 2. The first kappa shape index (κ1) is 19.9. The van der Waals surface area contributed by atoms with Gasteiger partial charge in [-0.05, 0) is 36.6 Å². The second-order valence-corrected chi connectivity index (χ2v) is 7.03. The van der Waals surface area contributed by atoms with Crippen molar-refractivity contribution >= 4 is 11.8 Å². The van der Waals surface area contributed by atoms with Crippen molar-refractivity contribution in [2.75, 3.05) is 32.8 Å². The van der Waals surface area contributed by atoms with Crippen molar-refractivity contribution in [1.29, 1.82) is 0 Å². The minimum Gasteiger partial charge on any atom is -0.494 e. The molecule has 2 amide bonds. The van der Waals surface area contributed by atoms with E-state index in [1.807, 2.05) is 71.3 Å². The molecule has 1 aliphatic heterocycles. The maximum Gasteiger partial charge on any atom is 0.227 e. The molecule has 5 heteroatoms. The lowest BCUT2D eigenvalue weighted by atomic mass is 10.1. The van der Waals surface area contributed by atoms with Gasteiger partial charge in [-0.2, -0.15) is 0 Å². The van der Waals surface area contributed by atoms with Crippen molar-refractivity contribution in [2.24, 2.45) is 0 Å². The molecule has 0 spiro atoms. The van der Waals surface area contributed by atoms with Crippen LogP contribution in [0.5, 0.6) is 5.75 Å². The lowest BCUT2D eigenvalue weighted by Crippen LogP contribution is -2.38. The van der Waals surface area contributed by atoms with Crippen molar-refractivity contribution in [2.45, 2.75) is 26.2 Å². The minimum absolute atomic E-state index is 0.113. The lowest BCUT2D eigenvalue weighted by Gasteiger charge is -2.22. The van der Waals surface area contributed by atoms with Crippen molar-refractivity contribution in [1.82, 2.24) is 9.80 Å². The molecule has 2 aromatic carbocycles. The summed E-state index contributed by atoms with van der Waals surface area (Å²) in [6, 6.07) is 17.5. The Bertz CT molecular complexity index is 774. The number of ether oxygens (including phenoxy) is 1. The van der Waals surface area contributed by atoms with Gasteiger partial charge in [-0.25, -0.2) is 0 Å². The maximum absolute atomic E-state index is 12.7. The number of benzene rings is 2. The van der Waals surface area contributed by atoms with E-state index in [1.165, 1.54) is 0 Å². The summed E-state index contributed by atoms with van der Waals surface area (Å²) in [5.41, 5.74) is 2.01. The van der Waals surface area contributed by atoms with E-state index in [0.717, 1.165) is 23.3 Å². The molecule has 3 rings (SSSR count). The zero-order chi connectivity index (χ0) is 19.8. The van der Waals surface area contributed by atoms with Crippen molar-refractivity contribution in [3.05, 3.63) is 65.7 Å². The van der Waals surface area contributed by atoms with E-state index in [-0.39, 0.29) is 11.8 Å². The molecule has 0 unspecified atom stereocenters. The molecule has 148 valence electrons. The van der Waals surface area contributed by atoms with Crippen molar-refractivity contribution in [3.63, 3.8) is 0 Å². The number of carbonyl (C=O) groups excluding carboxylic acids is 2. The molecule has 0 N–H and O–H groups in total. The normalized spacial score (nSPS) is 14.5. The van der Waals surface area contributed by atoms with Gasteiger partial charge < -0.3 is 14.5 Å². The van der Waals surface area contributed by atoms with Crippen LogP contribution in [0.1, 0.15) is 24.5 Å². The highest BCUT2D eigenvalue weighted by atomic mass is 16.5. The van der Waals surface area contributed by atoms with Gasteiger partial charge in [-0.3, -0.25) is 9.59 Å². The molecule has 0 atom stereocenters. The molecule has 0 aliphatic carbocycles. The first-order valence-electron chi connectivity index (χ1n) is 9.97. The van der Waals surface area contributed by atoms with E-state index in [2.05, 4.69) is 0 Å². The second-order valence-electron chi connectivity index (χ2n) is 7.03. The van der Waals surface area contributed by atoms with Crippen LogP contribution in [0, 0.1) is 0 Å². The van der Waals surface area contributed by atoms with Crippen LogP contribution in [0.25, 0.3) is 0 Å². The van der Waals surface area contributed by atoms with Crippen LogP contribution >= 0.6 is 0 Å². The summed E-state index contributed by atoms with van der Waals surface area (Å²) in [5, 5.41) is 0. The minimum atomic E-state index is 0.113. The first-order valence-corrected chi connectivity index (χ1v) is 9.97. The first-order chi connectivity index (χ1) is 13.7. The number of nitrogens with zero attached hydrogens (tertiary/aromatic N) is 2. The Kier molecular flexibility index (Phi) is 7.06. The molecule has 0 saturated carbocycles. The van der Waals surface area contributed by atoms with E-state index < -0.39 is 0 Å². The molecule has 5 nitrogen and oxygen atoms in total. The summed E-state index contributed by atoms with van der Waals surface area (Å²) in [6.07, 6.45) is 1.61. The van der Waals surface area contributed by atoms with Gasteiger partial charge in [0.25, 0.3) is 0 Å². The number of hydrogen-bond acceptors (Lipinski definition) is 3. The molecular formula is C23H28N2O3. The Hall–Kier alpha value is -2.82. The molecular weight excluding hydrogens is 352 g/mol. The van der Waals surface area contributed by atoms with E-state index in [4.69, 9.17) is 4.74 Å². The third-order valence-electron chi connectivity index (χ3n) is 4.99. The van der Waals surface area contributed by atoms with Crippen LogP contribution in [0.2, 0.25) is 0 Å². The molecule has 1 heterocycles. The zero-order valence-electron chi connectivity index (χ0n) is 16.5. The SMILES string of the molecule is CCOc1ccc(CC(=O)N2CCCN(C(=O)Cc3ccccc3)CC2)cc1. The number of carbonyl (C=O) groups is 2. The summed E-state index contributed by atoms with van der Waals surface area (Å²) in [5.74, 6) is 1.06. The maximum atomic E-state index is 12.7. The third-order valence-corrected chi connectivity index (χ3v) is 4.99. The van der Waals surface area contributed by atoms with Crippen LogP contribution in [-0.4, -0.2) is 54.4 Å². The summed E-state index contributed by atoms with van der Waals surface area (Å²) >= 11 is 0. The average molecular weight is 380 g/mol. The summed E-state index contributed by atoms with van der Waals surface area (Å²) in [7, 11) is 0. The monoisotopic (exact) mass is 380 g/mol. The predicted octanol–water partition coefficient (Wildman–Crippen LogP) is 2.93. The smallest absolute Gasteiger partial charge is 0.227 e. The standard InChI is InChI=1S/C23H28N2O3/c1-2-28-21-11-9-20(10-12-21)18-23(27)25-14-6-13-24(15-16-25)22(26)17-19-7-4-3-5-8-19/h3-5,7-12H,2,6,13-18H2,1H3. The van der Waals surface area contributed by atoms with Crippen molar-refractivity contribution in [3.8, 4) is 5.75 Å². The second kappa shape index (κ2) is 9.93. The topological polar surface area (TPSA) is 49.9 Å². The number of hydrogen-bond donors (Lipinski definition) is 0. The van der Waals surface area contributed by atoms with Crippen LogP contribution in [0.4, 0.5) is 0 Å². The molecule has 1 fully saturated rings. The molecule has 2 aromatic rings. The van der Waals surface area contributed by atoms with Gasteiger partial charge in [0.2, 0.25) is 11.8 Å². The van der Waals surface area contributed by atoms with Gasteiger partial charge >= 0.3 is 0 Å². The van der Waals surface area contributed by atoms with Crippen molar-refractivity contribution < 1.29 is 14.3 Å². The van der Waals surface area contributed by atoms with E-state index in [0.29, 0.717) is 45.6 Å².